The van der Waals surface area contributed by atoms with E-state index in [0.29, 0.717) is 5.69 Å². The Morgan fingerprint density at radius 3 is 2.33 bits per heavy atom. The van der Waals surface area contributed by atoms with E-state index in [-0.39, 0.29) is 16.1 Å². The van der Waals surface area contributed by atoms with Crippen molar-refractivity contribution in [1.29, 1.82) is 0 Å². The molecule has 0 radical (unpaired) electrons. The van der Waals surface area contributed by atoms with E-state index in [0.717, 1.165) is 0 Å². The third-order valence-electron chi connectivity index (χ3n) is 2.86. The number of carboxylic acid groups (broad SMARTS) is 1. The van der Waals surface area contributed by atoms with E-state index in [4.69, 9.17) is 16.7 Å². The van der Waals surface area contributed by atoms with E-state index in [1.165, 1.54) is 13.0 Å². The number of aromatic nitrogens is 1. The number of pyridine rings is 1. The molecule has 1 aromatic rings. The monoisotopic (exact) mass is 314 g/mol. The number of aliphatic carboxylic acids is 1. The molecule has 1 aromatic heterocycles. The Kier molecular flexibility index (Phi) is 5.31. The molecule has 0 aliphatic heterocycles. The molecule has 1 rings (SSSR count). The van der Waals surface area contributed by atoms with Crippen molar-refractivity contribution < 1.29 is 19.8 Å². The number of hydrogen-bond donors (Lipinski definition) is 3. The minimum absolute atomic E-state index is 0.150. The second-order valence-electron chi connectivity index (χ2n) is 5.84. The first kappa shape index (κ1) is 17.4. The lowest BCUT2D eigenvalue weighted by atomic mass is 9.91. The van der Waals surface area contributed by atoms with E-state index in [2.05, 4.69) is 10.3 Å². The fraction of sp³-hybridized carbons (Fsp3) is 0.500. The summed E-state index contributed by atoms with van der Waals surface area (Å²) in [5.41, 5.74) is 0.507. The highest BCUT2D eigenvalue weighted by molar-refractivity contribution is 6.29. The first-order valence-electron chi connectivity index (χ1n) is 6.42. The highest BCUT2D eigenvalue weighted by Gasteiger charge is 2.26. The van der Waals surface area contributed by atoms with Gasteiger partial charge in [0.05, 0.1) is 6.10 Å². The van der Waals surface area contributed by atoms with Crippen molar-refractivity contribution in [3.05, 3.63) is 28.5 Å². The second kappa shape index (κ2) is 6.41. The predicted molar refractivity (Wildman–Crippen MR) is 78.5 cm³/mol. The standard InChI is InChI=1S/C14H19ClN2O4/c1-7(18)11(13(20)21)17-12(19)8-5-9(14(2,3)4)16-10(15)6-8/h5-7,11,18H,1-4H3,(H,17,19)(H,20,21)/t7-,11+/m1/s1. The van der Waals surface area contributed by atoms with Gasteiger partial charge >= 0.3 is 5.97 Å². The first-order chi connectivity index (χ1) is 9.52. The maximum atomic E-state index is 12.1. The van der Waals surface area contributed by atoms with E-state index >= 15 is 0 Å². The van der Waals surface area contributed by atoms with Crippen LogP contribution in [-0.2, 0) is 10.2 Å². The van der Waals surface area contributed by atoms with Crippen LogP contribution in [-0.4, -0.2) is 39.2 Å². The molecule has 7 heteroatoms. The van der Waals surface area contributed by atoms with Crippen molar-refractivity contribution in [2.24, 2.45) is 0 Å². The number of amides is 1. The van der Waals surface area contributed by atoms with Crippen LogP contribution in [0.4, 0.5) is 0 Å². The van der Waals surface area contributed by atoms with Gasteiger partial charge in [-0.05, 0) is 19.1 Å². The van der Waals surface area contributed by atoms with Gasteiger partial charge in [-0.2, -0.15) is 0 Å². The smallest absolute Gasteiger partial charge is 0.328 e. The average Bonchev–Trinajstić information content (AvgIpc) is 2.32. The number of aliphatic hydroxyl groups is 1. The Bertz CT molecular complexity index is 552. The highest BCUT2D eigenvalue weighted by atomic mass is 35.5. The fourth-order valence-electron chi connectivity index (χ4n) is 1.63. The fourth-order valence-corrected chi connectivity index (χ4v) is 1.83. The normalized spacial score (nSPS) is 14.4. The molecule has 2 atom stereocenters. The van der Waals surface area contributed by atoms with Crippen LogP contribution in [0.3, 0.4) is 0 Å². The lowest BCUT2D eigenvalue weighted by Crippen LogP contribution is -2.47. The van der Waals surface area contributed by atoms with Gasteiger partial charge in [0.25, 0.3) is 5.91 Å². The van der Waals surface area contributed by atoms with Gasteiger partial charge in [-0.15, -0.1) is 0 Å². The summed E-state index contributed by atoms with van der Waals surface area (Å²) in [6, 6.07) is 1.53. The van der Waals surface area contributed by atoms with Gasteiger partial charge in [0.2, 0.25) is 0 Å². The number of halogens is 1. The molecule has 0 saturated heterocycles. The van der Waals surface area contributed by atoms with E-state index in [1.807, 2.05) is 20.8 Å². The lowest BCUT2D eigenvalue weighted by molar-refractivity contribution is -0.141. The maximum Gasteiger partial charge on any atom is 0.328 e. The Morgan fingerprint density at radius 2 is 1.90 bits per heavy atom. The summed E-state index contributed by atoms with van der Waals surface area (Å²) in [5.74, 6) is -1.94. The zero-order chi connectivity index (χ0) is 16.4. The SMILES string of the molecule is C[C@@H](O)[C@H](NC(=O)c1cc(Cl)nc(C(C)(C)C)c1)C(=O)O. The summed E-state index contributed by atoms with van der Waals surface area (Å²) in [6.45, 7) is 7.05. The first-order valence-corrected chi connectivity index (χ1v) is 6.80. The Hall–Kier alpha value is -1.66. The van der Waals surface area contributed by atoms with Crippen LogP contribution < -0.4 is 5.32 Å². The van der Waals surface area contributed by atoms with Crippen LogP contribution in [0.25, 0.3) is 0 Å². The van der Waals surface area contributed by atoms with Crippen LogP contribution >= 0.6 is 11.6 Å². The number of nitrogens with zero attached hydrogens (tertiary/aromatic N) is 1. The molecule has 3 N–H and O–H groups in total. The molecule has 0 saturated carbocycles. The summed E-state index contributed by atoms with van der Waals surface area (Å²) in [4.78, 5) is 27.3. The summed E-state index contributed by atoms with van der Waals surface area (Å²) in [5, 5.41) is 20.8. The van der Waals surface area contributed by atoms with Crippen molar-refractivity contribution in [3.8, 4) is 0 Å². The van der Waals surface area contributed by atoms with Gasteiger partial charge < -0.3 is 15.5 Å². The van der Waals surface area contributed by atoms with Crippen molar-refractivity contribution in [3.63, 3.8) is 0 Å². The van der Waals surface area contributed by atoms with Gasteiger partial charge in [0, 0.05) is 16.7 Å². The predicted octanol–water partition coefficient (Wildman–Crippen LogP) is 1.60. The molecule has 116 valence electrons. The number of aliphatic hydroxyl groups excluding tert-OH is 1. The van der Waals surface area contributed by atoms with Crippen LogP contribution in [0.2, 0.25) is 5.15 Å². The summed E-state index contributed by atoms with van der Waals surface area (Å²) < 4.78 is 0. The van der Waals surface area contributed by atoms with Crippen molar-refractivity contribution >= 4 is 23.5 Å². The van der Waals surface area contributed by atoms with Crippen LogP contribution in [0, 0.1) is 0 Å². The molecule has 0 aliphatic carbocycles. The molecule has 0 aliphatic rings. The minimum atomic E-state index is -1.39. The molecule has 6 nitrogen and oxygen atoms in total. The quantitative estimate of drug-likeness (QED) is 0.733. The number of hydrogen-bond acceptors (Lipinski definition) is 4. The topological polar surface area (TPSA) is 99.5 Å². The zero-order valence-corrected chi connectivity index (χ0v) is 13.1. The van der Waals surface area contributed by atoms with Crippen LogP contribution in [0.5, 0.6) is 0 Å². The molecule has 1 amide bonds. The number of rotatable bonds is 4. The summed E-state index contributed by atoms with van der Waals surface area (Å²) in [7, 11) is 0. The molecule has 0 bridgehead atoms. The zero-order valence-electron chi connectivity index (χ0n) is 12.3. The third kappa shape index (κ3) is 4.68. The molecular formula is C14H19ClN2O4. The van der Waals surface area contributed by atoms with Crippen LogP contribution in [0.1, 0.15) is 43.7 Å². The number of carboxylic acids is 1. The Labute approximate surface area is 128 Å². The minimum Gasteiger partial charge on any atom is -0.480 e. The lowest BCUT2D eigenvalue weighted by Gasteiger charge is -2.20. The summed E-state index contributed by atoms with van der Waals surface area (Å²) in [6.07, 6.45) is -1.22. The van der Waals surface area contributed by atoms with Crippen molar-refractivity contribution in [2.45, 2.75) is 45.3 Å². The van der Waals surface area contributed by atoms with Gasteiger partial charge in [-0.25, -0.2) is 9.78 Å². The molecule has 0 unspecified atom stereocenters. The number of nitrogens with one attached hydrogen (secondary N) is 1. The van der Waals surface area contributed by atoms with Gasteiger partial charge in [-0.1, -0.05) is 32.4 Å². The van der Waals surface area contributed by atoms with E-state index < -0.39 is 24.0 Å². The third-order valence-corrected chi connectivity index (χ3v) is 3.05. The number of carbonyl (C=O) groups is 2. The largest absolute Gasteiger partial charge is 0.480 e. The van der Waals surface area contributed by atoms with Gasteiger partial charge in [0.15, 0.2) is 6.04 Å². The maximum absolute atomic E-state index is 12.1. The van der Waals surface area contributed by atoms with Gasteiger partial charge in [-0.3, -0.25) is 4.79 Å². The van der Waals surface area contributed by atoms with Crippen LogP contribution in [0.15, 0.2) is 12.1 Å². The Morgan fingerprint density at radius 1 is 1.33 bits per heavy atom. The Balaban J connectivity index is 3.08. The molecule has 0 fully saturated rings. The van der Waals surface area contributed by atoms with E-state index in [1.54, 1.807) is 6.07 Å². The average molecular weight is 315 g/mol. The molecule has 0 aromatic carbocycles. The number of carbonyl (C=O) groups excluding carboxylic acids is 1. The molecular weight excluding hydrogens is 296 g/mol. The molecule has 0 spiro atoms. The van der Waals surface area contributed by atoms with Crippen molar-refractivity contribution in [1.82, 2.24) is 10.3 Å². The van der Waals surface area contributed by atoms with E-state index in [9.17, 15) is 14.7 Å². The second-order valence-corrected chi connectivity index (χ2v) is 6.23. The van der Waals surface area contributed by atoms with Crippen molar-refractivity contribution in [2.75, 3.05) is 0 Å². The van der Waals surface area contributed by atoms with Gasteiger partial charge in [0.1, 0.15) is 5.15 Å². The molecule has 21 heavy (non-hydrogen) atoms. The molecule has 1 heterocycles. The highest BCUT2D eigenvalue weighted by Crippen LogP contribution is 2.23. The summed E-state index contributed by atoms with van der Waals surface area (Å²) >= 11 is 5.90.